The van der Waals surface area contributed by atoms with Gasteiger partial charge in [0.1, 0.15) is 6.33 Å². The van der Waals surface area contributed by atoms with Crippen LogP contribution in [-0.2, 0) is 0 Å². The van der Waals surface area contributed by atoms with Gasteiger partial charge < -0.3 is 4.57 Å². The van der Waals surface area contributed by atoms with Gasteiger partial charge in [0.15, 0.2) is 5.82 Å². The van der Waals surface area contributed by atoms with Crippen molar-refractivity contribution in [2.24, 2.45) is 0 Å². The summed E-state index contributed by atoms with van der Waals surface area (Å²) in [5.41, 5.74) is 1.05. The number of rotatable bonds is 2. The van der Waals surface area contributed by atoms with Crippen LogP contribution in [0.5, 0.6) is 0 Å². The molecule has 2 rings (SSSR count). The number of hydrogen-bond donors (Lipinski definition) is 0. The molecule has 0 aliphatic carbocycles. The van der Waals surface area contributed by atoms with Gasteiger partial charge in [0.05, 0.1) is 0 Å². The van der Waals surface area contributed by atoms with E-state index in [1.54, 1.807) is 6.33 Å². The van der Waals surface area contributed by atoms with E-state index in [0.29, 0.717) is 6.04 Å². The van der Waals surface area contributed by atoms with Crippen molar-refractivity contribution in [3.8, 4) is 11.4 Å². The highest BCUT2D eigenvalue weighted by molar-refractivity contribution is 9.11. The van der Waals surface area contributed by atoms with Gasteiger partial charge >= 0.3 is 0 Å². The molecule has 0 aliphatic rings. The van der Waals surface area contributed by atoms with Crippen LogP contribution in [0.2, 0.25) is 0 Å². The zero-order valence-electron chi connectivity index (χ0n) is 8.98. The van der Waals surface area contributed by atoms with Crippen LogP contribution in [0.1, 0.15) is 19.9 Å². The third-order valence-corrected chi connectivity index (χ3v) is 3.45. The second kappa shape index (κ2) is 4.67. The smallest absolute Gasteiger partial charge is 0.165 e. The van der Waals surface area contributed by atoms with E-state index in [1.165, 1.54) is 0 Å². The summed E-state index contributed by atoms with van der Waals surface area (Å²) in [6.45, 7) is 4.22. The van der Waals surface area contributed by atoms with Crippen LogP contribution < -0.4 is 0 Å². The summed E-state index contributed by atoms with van der Waals surface area (Å²) < 4.78 is 4.10. The minimum atomic E-state index is 0.348. The average molecular weight is 345 g/mol. The lowest BCUT2D eigenvalue weighted by Gasteiger charge is -2.11. The van der Waals surface area contributed by atoms with Crippen molar-refractivity contribution in [3.05, 3.63) is 33.5 Å². The summed E-state index contributed by atoms with van der Waals surface area (Å²) in [5, 5.41) is 8.13. The van der Waals surface area contributed by atoms with Gasteiger partial charge in [0.2, 0.25) is 0 Å². The molecule has 16 heavy (non-hydrogen) atoms. The zero-order valence-corrected chi connectivity index (χ0v) is 12.2. The van der Waals surface area contributed by atoms with Gasteiger partial charge in [0.25, 0.3) is 0 Å². The first-order chi connectivity index (χ1) is 7.59. The Balaban J connectivity index is 2.54. The molecule has 0 atom stereocenters. The number of nitrogens with zero attached hydrogens (tertiary/aromatic N) is 3. The van der Waals surface area contributed by atoms with E-state index in [9.17, 15) is 0 Å². The van der Waals surface area contributed by atoms with E-state index >= 15 is 0 Å². The summed E-state index contributed by atoms with van der Waals surface area (Å²) in [5.74, 6) is 0.884. The Morgan fingerprint density at radius 2 is 2.00 bits per heavy atom. The van der Waals surface area contributed by atoms with Gasteiger partial charge in [-0.15, -0.1) is 10.2 Å². The maximum Gasteiger partial charge on any atom is 0.165 e. The second-order valence-electron chi connectivity index (χ2n) is 3.78. The lowest BCUT2D eigenvalue weighted by molar-refractivity contribution is 0.604. The molecule has 1 heterocycles. The predicted molar refractivity (Wildman–Crippen MR) is 71.2 cm³/mol. The molecule has 0 N–H and O–H groups in total. The molecule has 2 aromatic rings. The molecule has 5 heteroatoms. The molecule has 0 saturated heterocycles. The fraction of sp³-hybridized carbons (Fsp3) is 0.273. The third-order valence-electron chi connectivity index (χ3n) is 2.30. The van der Waals surface area contributed by atoms with Crippen molar-refractivity contribution < 1.29 is 0 Å². The summed E-state index contributed by atoms with van der Waals surface area (Å²) >= 11 is 6.97. The molecule has 0 unspecified atom stereocenters. The Morgan fingerprint density at radius 3 is 2.62 bits per heavy atom. The highest BCUT2D eigenvalue weighted by atomic mass is 79.9. The van der Waals surface area contributed by atoms with E-state index in [-0.39, 0.29) is 0 Å². The molecule has 0 spiro atoms. The molecule has 0 amide bonds. The Hall–Kier alpha value is -0.680. The first-order valence-corrected chi connectivity index (χ1v) is 6.53. The van der Waals surface area contributed by atoms with Crippen molar-refractivity contribution in [3.63, 3.8) is 0 Å². The van der Waals surface area contributed by atoms with Crippen LogP contribution in [0.15, 0.2) is 33.5 Å². The fourth-order valence-electron chi connectivity index (χ4n) is 1.48. The highest BCUT2D eigenvalue weighted by Gasteiger charge is 2.12. The quantitative estimate of drug-likeness (QED) is 0.822. The Morgan fingerprint density at radius 1 is 1.25 bits per heavy atom. The second-order valence-corrected chi connectivity index (χ2v) is 5.55. The molecule has 3 nitrogen and oxygen atoms in total. The molecular weight excluding hydrogens is 334 g/mol. The van der Waals surface area contributed by atoms with Gasteiger partial charge in [-0.1, -0.05) is 15.9 Å². The lowest BCUT2D eigenvalue weighted by atomic mass is 10.2. The topological polar surface area (TPSA) is 30.7 Å². The highest BCUT2D eigenvalue weighted by Crippen LogP contribution is 2.30. The average Bonchev–Trinajstić information content (AvgIpc) is 2.66. The largest absolute Gasteiger partial charge is 0.311 e. The molecular formula is C11H11Br2N3. The number of benzene rings is 1. The molecule has 0 radical (unpaired) electrons. The molecule has 1 aromatic carbocycles. The van der Waals surface area contributed by atoms with Crippen LogP contribution in [0, 0.1) is 0 Å². The van der Waals surface area contributed by atoms with Gasteiger partial charge in [-0.25, -0.2) is 0 Å². The minimum absolute atomic E-state index is 0.348. The van der Waals surface area contributed by atoms with Crippen molar-refractivity contribution in [2.75, 3.05) is 0 Å². The van der Waals surface area contributed by atoms with E-state index in [1.807, 2.05) is 22.8 Å². The third kappa shape index (κ3) is 2.20. The lowest BCUT2D eigenvalue weighted by Crippen LogP contribution is -2.02. The fourth-order valence-corrected chi connectivity index (χ4v) is 2.71. The van der Waals surface area contributed by atoms with Gasteiger partial charge in [-0.2, -0.15) is 0 Å². The Labute approximate surface area is 111 Å². The predicted octanol–water partition coefficient (Wildman–Crippen LogP) is 4.05. The van der Waals surface area contributed by atoms with E-state index in [0.717, 1.165) is 20.3 Å². The summed E-state index contributed by atoms with van der Waals surface area (Å²) in [6.07, 6.45) is 1.76. The van der Waals surface area contributed by atoms with E-state index in [4.69, 9.17) is 0 Å². The summed E-state index contributed by atoms with van der Waals surface area (Å²) in [6, 6.07) is 6.38. The van der Waals surface area contributed by atoms with E-state index in [2.05, 4.69) is 55.9 Å². The first kappa shape index (κ1) is 11.8. The van der Waals surface area contributed by atoms with Crippen LogP contribution >= 0.6 is 31.9 Å². The van der Waals surface area contributed by atoms with Crippen molar-refractivity contribution in [1.29, 1.82) is 0 Å². The minimum Gasteiger partial charge on any atom is -0.311 e. The number of halogens is 2. The Bertz CT molecular complexity index is 506. The molecule has 1 aromatic heterocycles. The monoisotopic (exact) mass is 343 g/mol. The first-order valence-electron chi connectivity index (χ1n) is 4.94. The normalized spacial score (nSPS) is 11.1. The molecule has 0 saturated carbocycles. The van der Waals surface area contributed by atoms with Gasteiger partial charge in [0, 0.05) is 20.6 Å². The molecule has 0 fully saturated rings. The van der Waals surface area contributed by atoms with Gasteiger partial charge in [-0.3, -0.25) is 0 Å². The zero-order chi connectivity index (χ0) is 11.7. The van der Waals surface area contributed by atoms with Gasteiger partial charge in [-0.05, 0) is 48.0 Å². The maximum absolute atomic E-state index is 4.17. The number of hydrogen-bond acceptors (Lipinski definition) is 2. The SMILES string of the molecule is CC(C)n1cnnc1-c1ccc(Br)cc1Br. The van der Waals surface area contributed by atoms with Crippen LogP contribution in [-0.4, -0.2) is 14.8 Å². The van der Waals surface area contributed by atoms with Crippen LogP contribution in [0.3, 0.4) is 0 Å². The van der Waals surface area contributed by atoms with E-state index < -0.39 is 0 Å². The van der Waals surface area contributed by atoms with Crippen molar-refractivity contribution in [1.82, 2.24) is 14.8 Å². The summed E-state index contributed by atoms with van der Waals surface area (Å²) in [7, 11) is 0. The van der Waals surface area contributed by atoms with Crippen LogP contribution in [0.25, 0.3) is 11.4 Å². The Kier molecular flexibility index (Phi) is 3.44. The van der Waals surface area contributed by atoms with Crippen molar-refractivity contribution in [2.45, 2.75) is 19.9 Å². The molecule has 0 bridgehead atoms. The number of aromatic nitrogens is 3. The summed E-state index contributed by atoms with van der Waals surface area (Å²) in [4.78, 5) is 0. The standard InChI is InChI=1S/C11H11Br2N3/c1-7(2)16-6-14-15-11(16)9-4-3-8(12)5-10(9)13/h3-7H,1-2H3. The molecule has 0 aliphatic heterocycles. The van der Waals surface area contributed by atoms with Crippen LogP contribution in [0.4, 0.5) is 0 Å². The van der Waals surface area contributed by atoms with Crippen molar-refractivity contribution >= 4 is 31.9 Å². The molecule has 84 valence electrons. The maximum atomic E-state index is 4.17.